The topological polar surface area (TPSA) is 43.6 Å². The number of rotatable bonds is 4. The molecular weight excluding hydrogens is 352 g/mol. The SMILES string of the molecule is CCOC(=O)Cc1csc2nc(-c3ccc(Br)cc3)cn12. The number of nitrogens with zero attached hydrogens (tertiary/aromatic N) is 2. The molecular formula is C15H13BrN2O2S. The maximum Gasteiger partial charge on any atom is 0.311 e. The lowest BCUT2D eigenvalue weighted by atomic mass is 10.2. The Morgan fingerprint density at radius 3 is 2.86 bits per heavy atom. The van der Waals surface area contributed by atoms with E-state index in [0.717, 1.165) is 26.4 Å². The Labute approximate surface area is 134 Å². The number of esters is 1. The normalized spacial score (nSPS) is 11.0. The number of aromatic nitrogens is 2. The van der Waals surface area contributed by atoms with Crippen molar-refractivity contribution < 1.29 is 9.53 Å². The molecule has 1 aromatic carbocycles. The minimum absolute atomic E-state index is 0.212. The fourth-order valence-electron chi connectivity index (χ4n) is 2.08. The molecule has 0 aliphatic carbocycles. The Morgan fingerprint density at radius 2 is 2.14 bits per heavy atom. The summed E-state index contributed by atoms with van der Waals surface area (Å²) in [5.74, 6) is -0.212. The van der Waals surface area contributed by atoms with Gasteiger partial charge in [-0.3, -0.25) is 9.20 Å². The second-order valence-corrected chi connectivity index (χ2v) is 6.25. The minimum atomic E-state index is -0.212. The number of hydrogen-bond acceptors (Lipinski definition) is 4. The van der Waals surface area contributed by atoms with Crippen molar-refractivity contribution in [3.63, 3.8) is 0 Å². The molecule has 2 heterocycles. The van der Waals surface area contributed by atoms with Gasteiger partial charge >= 0.3 is 5.97 Å². The lowest BCUT2D eigenvalue weighted by Gasteiger charge is -2.00. The van der Waals surface area contributed by atoms with E-state index in [0.29, 0.717) is 6.61 Å². The first-order valence-corrected chi connectivity index (χ1v) is 8.21. The number of ether oxygens (including phenoxy) is 1. The third-order valence-corrected chi connectivity index (χ3v) is 4.47. The molecule has 0 aliphatic heterocycles. The number of halogens is 1. The molecule has 0 amide bonds. The fourth-order valence-corrected chi connectivity index (χ4v) is 3.21. The van der Waals surface area contributed by atoms with Crippen molar-refractivity contribution in [3.8, 4) is 11.3 Å². The van der Waals surface area contributed by atoms with Gasteiger partial charge < -0.3 is 4.74 Å². The van der Waals surface area contributed by atoms with Gasteiger partial charge in [0.25, 0.3) is 0 Å². The zero-order valence-corrected chi connectivity index (χ0v) is 13.8. The quantitative estimate of drug-likeness (QED) is 0.658. The summed E-state index contributed by atoms with van der Waals surface area (Å²) >= 11 is 4.95. The highest BCUT2D eigenvalue weighted by Crippen LogP contribution is 2.25. The lowest BCUT2D eigenvalue weighted by Crippen LogP contribution is -2.08. The second kappa shape index (κ2) is 5.99. The van der Waals surface area contributed by atoms with Crippen molar-refractivity contribution in [2.75, 3.05) is 6.61 Å². The summed E-state index contributed by atoms with van der Waals surface area (Å²) < 4.78 is 7.99. The minimum Gasteiger partial charge on any atom is -0.466 e. The van der Waals surface area contributed by atoms with Gasteiger partial charge in [0.05, 0.1) is 18.7 Å². The van der Waals surface area contributed by atoms with E-state index in [1.807, 2.05) is 47.2 Å². The van der Waals surface area contributed by atoms with Gasteiger partial charge in [0.15, 0.2) is 4.96 Å². The third kappa shape index (κ3) is 3.01. The Morgan fingerprint density at radius 1 is 1.38 bits per heavy atom. The highest BCUT2D eigenvalue weighted by atomic mass is 79.9. The fraction of sp³-hybridized carbons (Fsp3) is 0.200. The molecule has 4 nitrogen and oxygen atoms in total. The largest absolute Gasteiger partial charge is 0.466 e. The Bertz CT molecular complexity index is 777. The molecule has 108 valence electrons. The average Bonchev–Trinajstić information content (AvgIpc) is 3.02. The molecule has 21 heavy (non-hydrogen) atoms. The molecule has 2 aromatic heterocycles. The molecule has 0 bridgehead atoms. The van der Waals surface area contributed by atoms with E-state index in [-0.39, 0.29) is 12.4 Å². The van der Waals surface area contributed by atoms with Crippen molar-refractivity contribution in [3.05, 3.63) is 46.0 Å². The van der Waals surface area contributed by atoms with Crippen molar-refractivity contribution in [2.45, 2.75) is 13.3 Å². The maximum atomic E-state index is 11.6. The van der Waals surface area contributed by atoms with Crippen LogP contribution in [0.3, 0.4) is 0 Å². The molecule has 0 radical (unpaired) electrons. The summed E-state index contributed by atoms with van der Waals surface area (Å²) in [6, 6.07) is 8.01. The van der Waals surface area contributed by atoms with E-state index < -0.39 is 0 Å². The van der Waals surface area contributed by atoms with Crippen LogP contribution in [0.1, 0.15) is 12.6 Å². The molecule has 3 rings (SSSR count). The van der Waals surface area contributed by atoms with E-state index in [2.05, 4.69) is 20.9 Å². The predicted molar refractivity (Wildman–Crippen MR) is 86.5 cm³/mol. The van der Waals surface area contributed by atoms with E-state index >= 15 is 0 Å². The van der Waals surface area contributed by atoms with Crippen LogP contribution in [-0.4, -0.2) is 22.0 Å². The Hall–Kier alpha value is -1.66. The first-order chi connectivity index (χ1) is 10.2. The Kier molecular flexibility index (Phi) is 4.07. The van der Waals surface area contributed by atoms with Crippen LogP contribution in [0.2, 0.25) is 0 Å². The smallest absolute Gasteiger partial charge is 0.311 e. The summed E-state index contributed by atoms with van der Waals surface area (Å²) in [7, 11) is 0. The van der Waals surface area contributed by atoms with Gasteiger partial charge in [0, 0.05) is 27.3 Å². The molecule has 0 atom stereocenters. The number of thiazole rings is 1. The predicted octanol–water partition coefficient (Wildman–Crippen LogP) is 3.93. The van der Waals surface area contributed by atoms with Crippen LogP contribution in [0.15, 0.2) is 40.3 Å². The summed E-state index contributed by atoms with van der Waals surface area (Å²) in [4.78, 5) is 17.1. The van der Waals surface area contributed by atoms with E-state index in [1.54, 1.807) is 0 Å². The molecule has 6 heteroatoms. The van der Waals surface area contributed by atoms with Crippen LogP contribution >= 0.6 is 27.3 Å². The number of carbonyl (C=O) groups excluding carboxylic acids is 1. The highest BCUT2D eigenvalue weighted by molar-refractivity contribution is 9.10. The molecule has 0 fully saturated rings. The third-order valence-electron chi connectivity index (χ3n) is 3.05. The van der Waals surface area contributed by atoms with Crippen LogP contribution in [0.25, 0.3) is 16.2 Å². The van der Waals surface area contributed by atoms with Crippen LogP contribution in [-0.2, 0) is 16.0 Å². The van der Waals surface area contributed by atoms with Crippen LogP contribution < -0.4 is 0 Å². The van der Waals surface area contributed by atoms with Crippen LogP contribution in [0.5, 0.6) is 0 Å². The van der Waals surface area contributed by atoms with E-state index in [1.165, 1.54) is 11.3 Å². The van der Waals surface area contributed by atoms with Gasteiger partial charge in [-0.05, 0) is 19.1 Å². The number of imidazole rings is 1. The van der Waals surface area contributed by atoms with E-state index in [4.69, 9.17) is 4.74 Å². The first kappa shape index (κ1) is 14.3. The van der Waals surface area contributed by atoms with Crippen molar-refractivity contribution >= 4 is 38.2 Å². The number of carbonyl (C=O) groups is 1. The van der Waals surface area contributed by atoms with Gasteiger partial charge in [0.1, 0.15) is 0 Å². The van der Waals surface area contributed by atoms with Crippen LogP contribution in [0.4, 0.5) is 0 Å². The molecule has 0 saturated heterocycles. The number of fused-ring (bicyclic) bond motifs is 1. The van der Waals surface area contributed by atoms with E-state index in [9.17, 15) is 4.79 Å². The molecule has 0 unspecified atom stereocenters. The van der Waals surface area contributed by atoms with Gasteiger partial charge in [0.2, 0.25) is 0 Å². The van der Waals surface area contributed by atoms with Gasteiger partial charge in [-0.1, -0.05) is 28.1 Å². The van der Waals surface area contributed by atoms with Gasteiger partial charge in [-0.2, -0.15) is 0 Å². The lowest BCUT2D eigenvalue weighted by molar-refractivity contribution is -0.142. The number of hydrogen-bond donors (Lipinski definition) is 0. The summed E-state index contributed by atoms with van der Waals surface area (Å²) in [6.07, 6.45) is 2.23. The summed E-state index contributed by atoms with van der Waals surface area (Å²) in [5, 5.41) is 1.95. The molecule has 0 aliphatic rings. The monoisotopic (exact) mass is 364 g/mol. The molecule has 0 N–H and O–H groups in total. The van der Waals surface area contributed by atoms with Crippen LogP contribution in [0, 0.1) is 0 Å². The average molecular weight is 365 g/mol. The molecule has 0 saturated carbocycles. The van der Waals surface area contributed by atoms with Gasteiger partial charge in [-0.25, -0.2) is 4.98 Å². The second-order valence-electron chi connectivity index (χ2n) is 4.49. The van der Waals surface area contributed by atoms with Crippen molar-refractivity contribution in [1.29, 1.82) is 0 Å². The zero-order valence-electron chi connectivity index (χ0n) is 11.4. The zero-order chi connectivity index (χ0) is 14.8. The highest BCUT2D eigenvalue weighted by Gasteiger charge is 2.12. The number of benzene rings is 1. The van der Waals surface area contributed by atoms with Crippen molar-refractivity contribution in [1.82, 2.24) is 9.38 Å². The molecule has 3 aromatic rings. The maximum absolute atomic E-state index is 11.6. The molecule has 0 spiro atoms. The summed E-state index contributed by atoms with van der Waals surface area (Å²) in [5.41, 5.74) is 2.86. The first-order valence-electron chi connectivity index (χ1n) is 6.54. The summed E-state index contributed by atoms with van der Waals surface area (Å²) in [6.45, 7) is 2.21. The standard InChI is InChI=1S/C15H13BrN2O2S/c1-2-20-14(19)7-12-9-21-15-17-13(8-18(12)15)10-3-5-11(16)6-4-10/h3-6,8-9H,2,7H2,1H3. The Balaban J connectivity index is 1.92. The van der Waals surface area contributed by atoms with Crippen molar-refractivity contribution in [2.24, 2.45) is 0 Å². The van der Waals surface area contributed by atoms with Gasteiger partial charge in [-0.15, -0.1) is 11.3 Å².